The van der Waals surface area contributed by atoms with Crippen molar-refractivity contribution in [1.29, 1.82) is 0 Å². The number of hydrogen-bond acceptors (Lipinski definition) is 7. The maximum Gasteiger partial charge on any atom is 0.375 e. The first-order valence-electron chi connectivity index (χ1n) is 10.6. The third-order valence-electron chi connectivity index (χ3n) is 5.20. The Kier molecular flexibility index (Phi) is 6.45. The van der Waals surface area contributed by atoms with Gasteiger partial charge in [0.2, 0.25) is 11.2 Å². The van der Waals surface area contributed by atoms with Crippen molar-refractivity contribution in [2.24, 2.45) is 0 Å². The van der Waals surface area contributed by atoms with E-state index in [1.807, 2.05) is 6.92 Å². The molecule has 0 saturated heterocycles. The van der Waals surface area contributed by atoms with E-state index in [0.717, 1.165) is 5.56 Å². The molecular formula is C27H22O7. The molecule has 0 aliphatic carbocycles. The van der Waals surface area contributed by atoms with E-state index < -0.39 is 17.4 Å². The smallest absolute Gasteiger partial charge is 0.375 e. The van der Waals surface area contributed by atoms with Crippen LogP contribution < -0.4 is 14.9 Å². The lowest BCUT2D eigenvalue weighted by atomic mass is 10.0. The Balaban J connectivity index is 1.83. The van der Waals surface area contributed by atoms with Crippen molar-refractivity contribution in [2.75, 3.05) is 13.7 Å². The summed E-state index contributed by atoms with van der Waals surface area (Å²) in [4.78, 5) is 38.7. The molecule has 1 heterocycles. The number of rotatable bonds is 6. The van der Waals surface area contributed by atoms with Crippen molar-refractivity contribution in [3.8, 4) is 22.6 Å². The molecule has 0 amide bonds. The van der Waals surface area contributed by atoms with Crippen molar-refractivity contribution >= 4 is 22.9 Å². The summed E-state index contributed by atoms with van der Waals surface area (Å²) in [6.07, 6.45) is 0. The van der Waals surface area contributed by atoms with E-state index in [9.17, 15) is 14.4 Å². The molecule has 0 radical (unpaired) electrons. The maximum absolute atomic E-state index is 13.5. The molecule has 0 spiro atoms. The van der Waals surface area contributed by atoms with Gasteiger partial charge in [0.15, 0.2) is 0 Å². The largest absolute Gasteiger partial charge is 0.496 e. The van der Waals surface area contributed by atoms with Gasteiger partial charge in [-0.15, -0.1) is 0 Å². The zero-order valence-corrected chi connectivity index (χ0v) is 18.9. The normalized spacial score (nSPS) is 10.7. The van der Waals surface area contributed by atoms with E-state index in [1.165, 1.54) is 25.3 Å². The first-order valence-corrected chi connectivity index (χ1v) is 10.6. The van der Waals surface area contributed by atoms with E-state index in [4.69, 9.17) is 18.6 Å². The molecule has 0 N–H and O–H groups in total. The molecule has 0 unspecified atom stereocenters. The van der Waals surface area contributed by atoms with Gasteiger partial charge < -0.3 is 18.6 Å². The fraction of sp³-hybridized carbons (Fsp3) is 0.148. The number of esters is 2. The van der Waals surface area contributed by atoms with Crippen LogP contribution in [-0.4, -0.2) is 25.7 Å². The lowest BCUT2D eigenvalue weighted by Gasteiger charge is -2.13. The van der Waals surface area contributed by atoms with Crippen molar-refractivity contribution < 1.29 is 28.2 Å². The van der Waals surface area contributed by atoms with E-state index in [-0.39, 0.29) is 34.6 Å². The van der Waals surface area contributed by atoms with Crippen molar-refractivity contribution in [2.45, 2.75) is 13.8 Å². The second-order valence-electron chi connectivity index (χ2n) is 7.47. The fourth-order valence-electron chi connectivity index (χ4n) is 3.53. The first kappa shape index (κ1) is 22.8. The maximum atomic E-state index is 13.5. The molecule has 7 heteroatoms. The topological polar surface area (TPSA) is 92.0 Å². The number of hydrogen-bond donors (Lipinski definition) is 0. The third kappa shape index (κ3) is 4.41. The van der Waals surface area contributed by atoms with Crippen molar-refractivity contribution in [3.63, 3.8) is 0 Å². The molecule has 1 aromatic heterocycles. The van der Waals surface area contributed by atoms with Gasteiger partial charge in [-0.1, -0.05) is 35.9 Å². The van der Waals surface area contributed by atoms with Crippen LogP contribution in [0.2, 0.25) is 0 Å². The van der Waals surface area contributed by atoms with Gasteiger partial charge in [0.25, 0.3) is 0 Å². The quantitative estimate of drug-likeness (QED) is 0.291. The van der Waals surface area contributed by atoms with E-state index in [1.54, 1.807) is 55.5 Å². The van der Waals surface area contributed by atoms with Gasteiger partial charge in [0.1, 0.15) is 17.1 Å². The van der Waals surface area contributed by atoms with E-state index in [2.05, 4.69) is 0 Å². The Hall–Kier alpha value is -4.39. The van der Waals surface area contributed by atoms with Crippen LogP contribution in [0.1, 0.15) is 33.4 Å². The number of carbonyl (C=O) groups is 2. The van der Waals surface area contributed by atoms with E-state index in [0.29, 0.717) is 16.9 Å². The summed E-state index contributed by atoms with van der Waals surface area (Å²) in [6.45, 7) is 3.67. The average Bonchev–Trinajstić information content (AvgIpc) is 2.84. The molecule has 4 aromatic rings. The Morgan fingerprint density at radius 1 is 0.941 bits per heavy atom. The van der Waals surface area contributed by atoms with E-state index >= 15 is 0 Å². The molecule has 0 saturated carbocycles. The van der Waals surface area contributed by atoms with Crippen LogP contribution in [0.25, 0.3) is 22.1 Å². The fourth-order valence-corrected chi connectivity index (χ4v) is 3.53. The van der Waals surface area contributed by atoms with Crippen LogP contribution in [-0.2, 0) is 4.74 Å². The van der Waals surface area contributed by atoms with Crippen LogP contribution in [0, 0.1) is 6.92 Å². The summed E-state index contributed by atoms with van der Waals surface area (Å²) in [5.74, 6) is -1.03. The number of ether oxygens (including phenoxy) is 3. The van der Waals surface area contributed by atoms with Gasteiger partial charge in [0, 0.05) is 11.6 Å². The third-order valence-corrected chi connectivity index (χ3v) is 5.20. The standard InChI is InChI=1S/C27H22O7/c1-4-32-27(30)25-23(19-7-5-6-8-21(19)31-3)24(28)20-14-13-18(15-22(20)34-25)33-26(29)17-11-9-16(2)10-12-17/h5-15H,4H2,1-3H3. The molecular weight excluding hydrogens is 436 g/mol. The van der Waals surface area contributed by atoms with Gasteiger partial charge in [-0.05, 0) is 44.2 Å². The predicted molar refractivity (Wildman–Crippen MR) is 127 cm³/mol. The molecule has 0 aliphatic heterocycles. The number of methoxy groups -OCH3 is 1. The second-order valence-corrected chi connectivity index (χ2v) is 7.47. The first-order chi connectivity index (χ1) is 16.4. The highest BCUT2D eigenvalue weighted by Gasteiger charge is 2.25. The van der Waals surface area contributed by atoms with Gasteiger partial charge in [-0.25, -0.2) is 9.59 Å². The minimum absolute atomic E-state index is 0.0350. The molecule has 34 heavy (non-hydrogen) atoms. The predicted octanol–water partition coefficient (Wildman–Crippen LogP) is 5.17. The molecule has 172 valence electrons. The minimum atomic E-state index is -0.788. The molecule has 0 bridgehead atoms. The monoisotopic (exact) mass is 458 g/mol. The van der Waals surface area contributed by atoms with Gasteiger partial charge >= 0.3 is 11.9 Å². The summed E-state index contributed by atoms with van der Waals surface area (Å²) >= 11 is 0. The summed E-state index contributed by atoms with van der Waals surface area (Å²) in [6, 6.07) is 18.2. The van der Waals surface area contributed by atoms with Crippen LogP contribution >= 0.6 is 0 Å². The number of carbonyl (C=O) groups excluding carboxylic acids is 2. The summed E-state index contributed by atoms with van der Waals surface area (Å²) in [5.41, 5.74) is 1.48. The molecule has 0 aliphatic rings. The highest BCUT2D eigenvalue weighted by Crippen LogP contribution is 2.33. The average molecular weight is 458 g/mol. The number of benzene rings is 3. The number of fused-ring (bicyclic) bond motifs is 1. The SMILES string of the molecule is CCOC(=O)c1oc2cc(OC(=O)c3ccc(C)cc3)ccc2c(=O)c1-c1ccccc1OC. The number of para-hydroxylation sites is 1. The highest BCUT2D eigenvalue weighted by molar-refractivity contribution is 5.99. The van der Waals surface area contributed by atoms with Gasteiger partial charge in [-0.3, -0.25) is 4.79 Å². The summed E-state index contributed by atoms with van der Waals surface area (Å²) in [7, 11) is 1.47. The number of aryl methyl sites for hydroxylation is 1. The highest BCUT2D eigenvalue weighted by atomic mass is 16.5. The van der Waals surface area contributed by atoms with Gasteiger partial charge in [-0.2, -0.15) is 0 Å². The Morgan fingerprint density at radius 2 is 1.68 bits per heavy atom. The van der Waals surface area contributed by atoms with Crippen LogP contribution in [0.5, 0.6) is 11.5 Å². The van der Waals surface area contributed by atoms with Crippen LogP contribution in [0.4, 0.5) is 0 Å². The van der Waals surface area contributed by atoms with Crippen molar-refractivity contribution in [1.82, 2.24) is 0 Å². The Morgan fingerprint density at radius 3 is 2.38 bits per heavy atom. The lowest BCUT2D eigenvalue weighted by molar-refractivity contribution is 0.0491. The second kappa shape index (κ2) is 9.62. The van der Waals surface area contributed by atoms with Gasteiger partial charge in [0.05, 0.1) is 30.2 Å². The zero-order chi connectivity index (χ0) is 24.2. The van der Waals surface area contributed by atoms with Crippen LogP contribution in [0.15, 0.2) is 75.9 Å². The van der Waals surface area contributed by atoms with Crippen LogP contribution in [0.3, 0.4) is 0 Å². The molecule has 0 fully saturated rings. The summed E-state index contributed by atoms with van der Waals surface area (Å²) < 4.78 is 21.8. The molecule has 4 rings (SSSR count). The molecule has 7 nitrogen and oxygen atoms in total. The Labute approximate surface area is 195 Å². The Bertz CT molecular complexity index is 1430. The molecule has 0 atom stereocenters. The zero-order valence-electron chi connectivity index (χ0n) is 18.9. The summed E-state index contributed by atoms with van der Waals surface area (Å²) in [5, 5.41) is 0.212. The van der Waals surface area contributed by atoms with Crippen molar-refractivity contribution in [3.05, 3.63) is 93.8 Å². The minimum Gasteiger partial charge on any atom is -0.496 e. The lowest BCUT2D eigenvalue weighted by Crippen LogP contribution is -2.15. The molecule has 3 aromatic carbocycles.